The molecule has 1 atom stereocenters. The average Bonchev–Trinajstić information content (AvgIpc) is 2.71. The highest BCUT2D eigenvalue weighted by atomic mass is 32.1. The molecular formula is C10H15N3O3S. The number of esters is 1. The van der Waals surface area contributed by atoms with Gasteiger partial charge in [0.1, 0.15) is 5.01 Å². The SMILES string of the molecule is CCOC(=O)C(N)C(=O)NCc1nc(C)cs1. The second-order valence-corrected chi connectivity index (χ2v) is 4.27. The predicted molar refractivity (Wildman–Crippen MR) is 63.3 cm³/mol. The summed E-state index contributed by atoms with van der Waals surface area (Å²) in [5.74, 6) is -1.28. The fourth-order valence-electron chi connectivity index (χ4n) is 1.10. The molecule has 1 rings (SSSR count). The summed E-state index contributed by atoms with van der Waals surface area (Å²) < 4.78 is 4.64. The molecule has 0 saturated heterocycles. The van der Waals surface area contributed by atoms with E-state index in [4.69, 9.17) is 5.73 Å². The number of carbonyl (C=O) groups is 2. The second kappa shape index (κ2) is 6.31. The van der Waals surface area contributed by atoms with Crippen LogP contribution in [0, 0.1) is 6.92 Å². The highest BCUT2D eigenvalue weighted by molar-refractivity contribution is 7.09. The highest BCUT2D eigenvalue weighted by Crippen LogP contribution is 2.07. The van der Waals surface area contributed by atoms with E-state index in [1.165, 1.54) is 11.3 Å². The van der Waals surface area contributed by atoms with Gasteiger partial charge in [-0.1, -0.05) is 0 Å². The van der Waals surface area contributed by atoms with Crippen LogP contribution in [0.3, 0.4) is 0 Å². The molecule has 0 aliphatic heterocycles. The molecule has 1 amide bonds. The standard InChI is InChI=1S/C10H15N3O3S/c1-3-16-10(15)8(11)9(14)12-4-7-13-6(2)5-17-7/h5,8H,3-4,11H2,1-2H3,(H,12,14). The van der Waals surface area contributed by atoms with E-state index in [9.17, 15) is 9.59 Å². The molecule has 0 spiro atoms. The smallest absolute Gasteiger partial charge is 0.332 e. The van der Waals surface area contributed by atoms with Crippen LogP contribution in [0.25, 0.3) is 0 Å². The number of rotatable bonds is 5. The number of carbonyl (C=O) groups excluding carboxylic acids is 2. The van der Waals surface area contributed by atoms with E-state index in [0.717, 1.165) is 10.7 Å². The van der Waals surface area contributed by atoms with Crippen molar-refractivity contribution in [2.24, 2.45) is 5.73 Å². The first kappa shape index (κ1) is 13.6. The molecule has 1 aromatic rings. The molecule has 1 unspecified atom stereocenters. The number of hydrogen-bond acceptors (Lipinski definition) is 6. The summed E-state index contributed by atoms with van der Waals surface area (Å²) in [5.41, 5.74) is 6.31. The van der Waals surface area contributed by atoms with Gasteiger partial charge < -0.3 is 15.8 Å². The zero-order valence-corrected chi connectivity index (χ0v) is 10.5. The van der Waals surface area contributed by atoms with Gasteiger partial charge in [0.15, 0.2) is 6.04 Å². The summed E-state index contributed by atoms with van der Waals surface area (Å²) in [4.78, 5) is 26.8. The number of nitrogens with one attached hydrogen (secondary N) is 1. The minimum absolute atomic E-state index is 0.200. The molecule has 3 N–H and O–H groups in total. The Labute approximate surface area is 103 Å². The van der Waals surface area contributed by atoms with Crippen molar-refractivity contribution in [2.75, 3.05) is 6.61 Å². The molecule has 0 bridgehead atoms. The number of aromatic nitrogens is 1. The highest BCUT2D eigenvalue weighted by Gasteiger charge is 2.23. The Hall–Kier alpha value is -1.47. The lowest BCUT2D eigenvalue weighted by Crippen LogP contribution is -2.46. The molecule has 0 aromatic carbocycles. The molecule has 1 aromatic heterocycles. The number of nitrogens with zero attached hydrogens (tertiary/aromatic N) is 1. The maximum absolute atomic E-state index is 11.5. The quantitative estimate of drug-likeness (QED) is 0.570. The molecule has 94 valence electrons. The van der Waals surface area contributed by atoms with Gasteiger partial charge in [0.05, 0.1) is 13.2 Å². The van der Waals surface area contributed by atoms with Gasteiger partial charge in [-0.05, 0) is 13.8 Å². The van der Waals surface area contributed by atoms with Crippen molar-refractivity contribution in [3.8, 4) is 0 Å². The van der Waals surface area contributed by atoms with E-state index in [0.29, 0.717) is 0 Å². The maximum Gasteiger partial charge on any atom is 0.332 e. The van der Waals surface area contributed by atoms with Crippen LogP contribution in [-0.2, 0) is 20.9 Å². The van der Waals surface area contributed by atoms with Crippen LogP contribution in [0.5, 0.6) is 0 Å². The first-order chi connectivity index (χ1) is 8.04. The van der Waals surface area contributed by atoms with Crippen molar-refractivity contribution in [1.29, 1.82) is 0 Å². The van der Waals surface area contributed by atoms with E-state index < -0.39 is 17.9 Å². The molecule has 0 aliphatic carbocycles. The van der Waals surface area contributed by atoms with Gasteiger partial charge in [0, 0.05) is 11.1 Å². The number of aryl methyl sites for hydroxylation is 1. The van der Waals surface area contributed by atoms with Crippen molar-refractivity contribution in [1.82, 2.24) is 10.3 Å². The third-order valence-corrected chi connectivity index (χ3v) is 2.87. The van der Waals surface area contributed by atoms with Crippen molar-refractivity contribution >= 4 is 23.2 Å². The maximum atomic E-state index is 11.5. The van der Waals surface area contributed by atoms with E-state index in [2.05, 4.69) is 15.0 Å². The Kier molecular flexibility index (Phi) is 5.05. The Balaban J connectivity index is 2.41. The minimum atomic E-state index is -1.28. The van der Waals surface area contributed by atoms with Crippen molar-refractivity contribution < 1.29 is 14.3 Å². The van der Waals surface area contributed by atoms with Gasteiger partial charge in [-0.15, -0.1) is 11.3 Å². The lowest BCUT2D eigenvalue weighted by Gasteiger charge is -2.10. The van der Waals surface area contributed by atoms with Crippen LogP contribution in [0.1, 0.15) is 17.6 Å². The zero-order chi connectivity index (χ0) is 12.8. The van der Waals surface area contributed by atoms with Crippen LogP contribution >= 0.6 is 11.3 Å². The van der Waals surface area contributed by atoms with Crippen LogP contribution in [0.2, 0.25) is 0 Å². The molecule has 17 heavy (non-hydrogen) atoms. The third kappa shape index (κ3) is 4.12. The summed E-state index contributed by atoms with van der Waals surface area (Å²) in [6, 6.07) is -1.28. The summed E-state index contributed by atoms with van der Waals surface area (Å²) in [7, 11) is 0. The van der Waals surface area contributed by atoms with Gasteiger partial charge >= 0.3 is 5.97 Å². The monoisotopic (exact) mass is 257 g/mol. The molecule has 0 saturated carbocycles. The summed E-state index contributed by atoms with van der Waals surface area (Å²) in [6.07, 6.45) is 0. The Bertz CT molecular complexity index is 405. The first-order valence-corrected chi connectivity index (χ1v) is 6.03. The number of hydrogen-bond donors (Lipinski definition) is 2. The normalized spacial score (nSPS) is 11.9. The van der Waals surface area contributed by atoms with Crippen molar-refractivity contribution in [2.45, 2.75) is 26.4 Å². The Morgan fingerprint density at radius 2 is 2.35 bits per heavy atom. The van der Waals surface area contributed by atoms with Gasteiger partial charge in [0.25, 0.3) is 0 Å². The lowest BCUT2D eigenvalue weighted by molar-refractivity contribution is -0.148. The number of thiazole rings is 1. The Morgan fingerprint density at radius 3 is 2.88 bits per heavy atom. The summed E-state index contributed by atoms with van der Waals surface area (Å²) in [5, 5.41) is 5.19. The van der Waals surface area contributed by atoms with E-state index in [1.54, 1.807) is 6.92 Å². The molecular weight excluding hydrogens is 242 g/mol. The van der Waals surface area contributed by atoms with E-state index in [-0.39, 0.29) is 13.2 Å². The van der Waals surface area contributed by atoms with Gasteiger partial charge in [-0.2, -0.15) is 0 Å². The van der Waals surface area contributed by atoms with Crippen LogP contribution in [0.15, 0.2) is 5.38 Å². The molecule has 7 heteroatoms. The van der Waals surface area contributed by atoms with Crippen molar-refractivity contribution in [3.05, 3.63) is 16.1 Å². The topological polar surface area (TPSA) is 94.3 Å². The van der Waals surface area contributed by atoms with E-state index >= 15 is 0 Å². The number of ether oxygens (including phenoxy) is 1. The molecule has 0 radical (unpaired) electrons. The van der Waals surface area contributed by atoms with Gasteiger partial charge in [-0.25, -0.2) is 9.78 Å². The van der Waals surface area contributed by atoms with Gasteiger partial charge in [0.2, 0.25) is 5.91 Å². The predicted octanol–water partition coefficient (Wildman–Crippen LogP) is -0.0419. The third-order valence-electron chi connectivity index (χ3n) is 1.90. The first-order valence-electron chi connectivity index (χ1n) is 5.15. The van der Waals surface area contributed by atoms with E-state index in [1.807, 2.05) is 12.3 Å². The molecule has 0 aliphatic rings. The average molecular weight is 257 g/mol. The number of amides is 1. The number of nitrogens with two attached hydrogens (primary N) is 1. The van der Waals surface area contributed by atoms with Crippen LogP contribution in [0.4, 0.5) is 0 Å². The fraction of sp³-hybridized carbons (Fsp3) is 0.500. The lowest BCUT2D eigenvalue weighted by atomic mass is 10.3. The van der Waals surface area contributed by atoms with Crippen LogP contribution < -0.4 is 11.1 Å². The second-order valence-electron chi connectivity index (χ2n) is 3.33. The van der Waals surface area contributed by atoms with Crippen molar-refractivity contribution in [3.63, 3.8) is 0 Å². The Morgan fingerprint density at radius 1 is 1.65 bits per heavy atom. The summed E-state index contributed by atoms with van der Waals surface area (Å²) in [6.45, 7) is 3.99. The molecule has 0 fully saturated rings. The molecule has 1 heterocycles. The fourth-order valence-corrected chi connectivity index (χ4v) is 1.81. The zero-order valence-electron chi connectivity index (χ0n) is 9.73. The van der Waals surface area contributed by atoms with Crippen LogP contribution in [-0.4, -0.2) is 29.5 Å². The molecule has 6 nitrogen and oxygen atoms in total. The summed E-state index contributed by atoms with van der Waals surface area (Å²) >= 11 is 1.44. The minimum Gasteiger partial charge on any atom is -0.464 e. The van der Waals surface area contributed by atoms with Gasteiger partial charge in [-0.3, -0.25) is 4.79 Å². The largest absolute Gasteiger partial charge is 0.464 e.